The number of rotatable bonds is 13. The summed E-state index contributed by atoms with van der Waals surface area (Å²) in [4.78, 5) is 12.9. The first-order chi connectivity index (χ1) is 20.7. The predicted molar refractivity (Wildman–Crippen MR) is 177 cm³/mol. The summed E-state index contributed by atoms with van der Waals surface area (Å²) in [5.74, 6) is 3.82. The average molecular weight is 624 g/mol. The van der Waals surface area contributed by atoms with Gasteiger partial charge >= 0.3 is 0 Å². The Bertz CT molecular complexity index is 780. The van der Waals surface area contributed by atoms with Crippen LogP contribution in [0.3, 0.4) is 0 Å². The summed E-state index contributed by atoms with van der Waals surface area (Å²) in [6.07, 6.45) is 4.46. The number of nitrogens with one attached hydrogen (secondary N) is 1. The largest absolute Gasteiger partial charge is 0.374 e. The van der Waals surface area contributed by atoms with Crippen molar-refractivity contribution in [2.24, 2.45) is 53.3 Å². The Balaban J connectivity index is 1.86. The first-order valence-corrected chi connectivity index (χ1v) is 18.2. The minimum Gasteiger partial charge on any atom is -0.374 e. The Kier molecular flexibility index (Phi) is 14.1. The number of hydrogen-bond donors (Lipinski definition) is 1. The van der Waals surface area contributed by atoms with Crippen LogP contribution in [-0.2, 0) is 28.5 Å². The molecule has 44 heavy (non-hydrogen) atoms. The molecule has 3 heterocycles. The third-order valence-electron chi connectivity index (χ3n) is 12.8. The second-order valence-electron chi connectivity index (χ2n) is 15.4. The van der Waals surface area contributed by atoms with Gasteiger partial charge in [-0.05, 0) is 73.5 Å². The summed E-state index contributed by atoms with van der Waals surface area (Å²) in [7, 11) is 0. The van der Waals surface area contributed by atoms with E-state index in [1.807, 2.05) is 0 Å². The van der Waals surface area contributed by atoms with Crippen LogP contribution in [0.1, 0.15) is 122 Å². The molecule has 3 aliphatic rings. The van der Waals surface area contributed by atoms with E-state index in [0.29, 0.717) is 61.1 Å². The highest BCUT2D eigenvalue weighted by Crippen LogP contribution is 2.41. The molecule has 0 aromatic carbocycles. The van der Waals surface area contributed by atoms with Crippen LogP contribution in [0.25, 0.3) is 0 Å². The van der Waals surface area contributed by atoms with Gasteiger partial charge in [0.15, 0.2) is 12.6 Å². The SMILES string of the molecule is CCC1O[C@H](OCC(CC[C@H]2OC(CC)[C@H](C)C(C)[C@H]2C)(CO[C@H]2OC(CC)[C@H](C)C(C)[C@H]2C)NC(C)=O)[C@H](C)C(C)[C@H]1C. The fraction of sp³-hybridized carbons (Fsp3) is 0.973. The predicted octanol–water partition coefficient (Wildman–Crippen LogP) is 7.85. The maximum absolute atomic E-state index is 12.9. The molecule has 3 rings (SSSR count). The summed E-state index contributed by atoms with van der Waals surface area (Å²) < 4.78 is 33.2. The molecule has 0 bridgehead atoms. The molecular weight excluding hydrogens is 554 g/mol. The lowest BCUT2D eigenvalue weighted by Gasteiger charge is -2.47. The lowest BCUT2D eigenvalue weighted by Crippen LogP contribution is -2.58. The van der Waals surface area contributed by atoms with Crippen LogP contribution < -0.4 is 5.32 Å². The number of ether oxygens (including phenoxy) is 5. The third-order valence-corrected chi connectivity index (χ3v) is 12.8. The van der Waals surface area contributed by atoms with E-state index in [9.17, 15) is 4.79 Å². The highest BCUT2D eigenvalue weighted by atomic mass is 16.7. The zero-order valence-corrected chi connectivity index (χ0v) is 30.6. The van der Waals surface area contributed by atoms with E-state index in [4.69, 9.17) is 23.7 Å². The fourth-order valence-electron chi connectivity index (χ4n) is 8.31. The molecule has 15 atom stereocenters. The van der Waals surface area contributed by atoms with Crippen LogP contribution in [0, 0.1) is 53.3 Å². The van der Waals surface area contributed by atoms with Gasteiger partial charge in [0.1, 0.15) is 0 Å². The highest BCUT2D eigenvalue weighted by Gasteiger charge is 2.45. The van der Waals surface area contributed by atoms with Crippen molar-refractivity contribution < 1.29 is 28.5 Å². The Labute approximate surface area is 270 Å². The molecule has 3 fully saturated rings. The van der Waals surface area contributed by atoms with Crippen molar-refractivity contribution in [3.05, 3.63) is 0 Å². The first-order valence-electron chi connectivity index (χ1n) is 18.2. The Hall–Kier alpha value is -0.730. The highest BCUT2D eigenvalue weighted by molar-refractivity contribution is 5.73. The van der Waals surface area contributed by atoms with E-state index < -0.39 is 5.54 Å². The summed E-state index contributed by atoms with van der Waals surface area (Å²) in [6.45, 7) is 29.5. The molecule has 258 valence electrons. The van der Waals surface area contributed by atoms with Crippen LogP contribution in [0.5, 0.6) is 0 Å². The van der Waals surface area contributed by atoms with Crippen LogP contribution in [-0.4, -0.2) is 61.7 Å². The lowest BCUT2D eigenvalue weighted by atomic mass is 9.74. The molecule has 7 heteroatoms. The molecule has 7 nitrogen and oxygen atoms in total. The molecule has 6 unspecified atom stereocenters. The van der Waals surface area contributed by atoms with E-state index >= 15 is 0 Å². The number of hydrogen-bond acceptors (Lipinski definition) is 6. The van der Waals surface area contributed by atoms with Crippen molar-refractivity contribution in [2.45, 2.75) is 165 Å². The summed E-state index contributed by atoms with van der Waals surface area (Å²) >= 11 is 0. The third kappa shape index (κ3) is 8.59. The van der Waals surface area contributed by atoms with Crippen molar-refractivity contribution in [1.29, 1.82) is 0 Å². The van der Waals surface area contributed by atoms with Crippen LogP contribution >= 0.6 is 0 Å². The second kappa shape index (κ2) is 16.4. The molecule has 0 spiro atoms. The second-order valence-corrected chi connectivity index (χ2v) is 15.4. The van der Waals surface area contributed by atoms with Crippen LogP contribution in [0.15, 0.2) is 0 Å². The maximum atomic E-state index is 12.9. The minimum atomic E-state index is -0.739. The van der Waals surface area contributed by atoms with E-state index in [2.05, 4.69) is 88.4 Å². The topological polar surface area (TPSA) is 75.2 Å². The van der Waals surface area contributed by atoms with Crippen molar-refractivity contribution in [3.8, 4) is 0 Å². The Morgan fingerprint density at radius 1 is 0.568 bits per heavy atom. The Morgan fingerprint density at radius 2 is 0.932 bits per heavy atom. The summed E-state index contributed by atoms with van der Waals surface area (Å²) in [6, 6.07) is 0. The van der Waals surface area contributed by atoms with E-state index in [1.165, 1.54) is 0 Å². The molecule has 0 saturated carbocycles. The van der Waals surface area contributed by atoms with Gasteiger partial charge < -0.3 is 29.0 Å². The quantitative estimate of drug-likeness (QED) is 0.225. The van der Waals surface area contributed by atoms with Gasteiger partial charge in [0.2, 0.25) is 5.91 Å². The molecule has 3 saturated heterocycles. The minimum absolute atomic E-state index is 0.0830. The zero-order chi connectivity index (χ0) is 32.9. The smallest absolute Gasteiger partial charge is 0.217 e. The Morgan fingerprint density at radius 3 is 1.32 bits per heavy atom. The molecule has 3 aliphatic heterocycles. The standard InChI is InChI=1S/C37H69NO6/c1-14-31-24(7)21(4)27(10)34(42-31)17-18-37(38-30(13)39,19-40-35-28(11)22(5)25(8)32(15-2)43-35)20-41-36-29(12)23(6)26(9)33(16-3)44-36/h21-29,31-36H,14-20H2,1-13H3,(H,38,39)/t21?,22?,23?,24-,25-,26-,27-,28-,29-,31?,32?,33?,34-,35+,36+,37?/m1/s1. The molecular formula is C37H69NO6. The van der Waals surface area contributed by atoms with E-state index in [1.54, 1.807) is 6.92 Å². The lowest BCUT2D eigenvalue weighted by molar-refractivity contribution is -0.270. The number of amides is 1. The summed E-state index contributed by atoms with van der Waals surface area (Å²) in [5, 5.41) is 3.34. The van der Waals surface area contributed by atoms with E-state index in [-0.39, 0.29) is 54.7 Å². The number of carbonyl (C=O) groups excluding carboxylic acids is 1. The molecule has 0 aliphatic carbocycles. The molecule has 1 N–H and O–H groups in total. The van der Waals surface area contributed by atoms with Gasteiger partial charge in [0.05, 0.1) is 43.2 Å². The number of carbonyl (C=O) groups is 1. The molecule has 0 aromatic rings. The van der Waals surface area contributed by atoms with Crippen molar-refractivity contribution in [1.82, 2.24) is 5.32 Å². The van der Waals surface area contributed by atoms with Gasteiger partial charge in [-0.2, -0.15) is 0 Å². The van der Waals surface area contributed by atoms with Gasteiger partial charge in [-0.3, -0.25) is 4.79 Å². The normalized spacial score (nSPS) is 44.6. The molecule has 0 radical (unpaired) electrons. The average Bonchev–Trinajstić information content (AvgIpc) is 3.00. The summed E-state index contributed by atoms with van der Waals surface area (Å²) in [5.41, 5.74) is -0.739. The van der Waals surface area contributed by atoms with Gasteiger partial charge in [0, 0.05) is 18.8 Å². The van der Waals surface area contributed by atoms with Gasteiger partial charge in [-0.15, -0.1) is 0 Å². The van der Waals surface area contributed by atoms with Gasteiger partial charge in [0.25, 0.3) is 0 Å². The van der Waals surface area contributed by atoms with Crippen molar-refractivity contribution in [3.63, 3.8) is 0 Å². The molecule has 1 amide bonds. The maximum Gasteiger partial charge on any atom is 0.217 e. The zero-order valence-electron chi connectivity index (χ0n) is 30.6. The van der Waals surface area contributed by atoms with Gasteiger partial charge in [-0.1, -0.05) is 83.1 Å². The van der Waals surface area contributed by atoms with Gasteiger partial charge in [-0.25, -0.2) is 0 Å². The van der Waals surface area contributed by atoms with Crippen molar-refractivity contribution >= 4 is 5.91 Å². The van der Waals surface area contributed by atoms with Crippen molar-refractivity contribution in [2.75, 3.05) is 13.2 Å². The fourth-order valence-corrected chi connectivity index (χ4v) is 8.31. The monoisotopic (exact) mass is 624 g/mol. The van der Waals surface area contributed by atoms with Crippen LogP contribution in [0.4, 0.5) is 0 Å². The first kappa shape index (κ1) is 37.7. The molecule has 0 aromatic heterocycles. The van der Waals surface area contributed by atoms with Crippen LogP contribution in [0.2, 0.25) is 0 Å². The van der Waals surface area contributed by atoms with E-state index in [0.717, 1.165) is 25.7 Å².